The molecule has 33 heavy (non-hydrogen) atoms. The number of hydrogen-bond acceptors (Lipinski definition) is 6. The summed E-state index contributed by atoms with van der Waals surface area (Å²) in [5, 5.41) is 4.54. The highest BCUT2D eigenvalue weighted by Gasteiger charge is 2.10. The van der Waals surface area contributed by atoms with E-state index in [1.165, 1.54) is 0 Å². The molecule has 0 fully saturated rings. The Kier molecular flexibility index (Phi) is 8.98. The van der Waals surface area contributed by atoms with E-state index in [1.54, 1.807) is 30.3 Å². The van der Waals surface area contributed by atoms with Crippen LogP contribution in [0.2, 0.25) is 0 Å². The average molecular weight is 468 g/mol. The van der Waals surface area contributed by atoms with E-state index in [1.807, 2.05) is 43.3 Å². The Bertz CT molecular complexity index is 1120. The van der Waals surface area contributed by atoms with Gasteiger partial charge in [-0.15, -0.1) is 0 Å². The van der Waals surface area contributed by atoms with E-state index in [9.17, 15) is 9.59 Å². The van der Waals surface area contributed by atoms with Crippen molar-refractivity contribution in [1.29, 1.82) is 0 Å². The third-order valence-electron chi connectivity index (χ3n) is 4.43. The number of carbonyl (C=O) groups is 2. The number of fused-ring (bicyclic) bond motifs is 1. The predicted octanol–water partition coefficient (Wildman–Crippen LogP) is 2.97. The van der Waals surface area contributed by atoms with E-state index in [0.717, 1.165) is 10.8 Å². The average Bonchev–Trinajstić information content (AvgIpc) is 2.84. The molecule has 0 bridgehead atoms. The second-order valence-corrected chi connectivity index (χ2v) is 7.24. The van der Waals surface area contributed by atoms with Crippen LogP contribution in [0.5, 0.6) is 11.5 Å². The summed E-state index contributed by atoms with van der Waals surface area (Å²) in [6.07, 6.45) is 0. The Morgan fingerprint density at radius 3 is 2.45 bits per heavy atom. The highest BCUT2D eigenvalue weighted by Crippen LogP contribution is 2.20. The summed E-state index contributed by atoms with van der Waals surface area (Å²) in [5.41, 5.74) is 5.23. The van der Waals surface area contributed by atoms with Crippen molar-refractivity contribution in [3.8, 4) is 11.5 Å². The summed E-state index contributed by atoms with van der Waals surface area (Å²) in [4.78, 5) is 24.4. The second-order valence-electron chi connectivity index (χ2n) is 6.83. The predicted molar refractivity (Wildman–Crippen MR) is 129 cm³/mol. The number of rotatable bonds is 9. The summed E-state index contributed by atoms with van der Waals surface area (Å²) in [5.74, 6) is 0.220. The van der Waals surface area contributed by atoms with Crippen molar-refractivity contribution in [2.75, 3.05) is 26.4 Å². The van der Waals surface area contributed by atoms with Gasteiger partial charge in [-0.25, -0.2) is 0 Å². The van der Waals surface area contributed by atoms with Crippen LogP contribution in [0.15, 0.2) is 66.7 Å². The van der Waals surface area contributed by atoms with E-state index in [-0.39, 0.29) is 11.7 Å². The number of ether oxygens (including phenoxy) is 3. The Hall–Kier alpha value is -3.69. The summed E-state index contributed by atoms with van der Waals surface area (Å²) >= 11 is 5.06. The van der Waals surface area contributed by atoms with Gasteiger partial charge in [0.2, 0.25) is 0 Å². The fraction of sp³-hybridized carbons (Fsp3) is 0.208. The summed E-state index contributed by atoms with van der Waals surface area (Å²) < 4.78 is 16.3. The molecule has 0 aliphatic heterocycles. The highest BCUT2D eigenvalue weighted by molar-refractivity contribution is 7.80. The minimum Gasteiger partial charge on any atom is -0.491 e. The smallest absolute Gasteiger partial charge is 0.276 e. The second kappa shape index (κ2) is 12.4. The highest BCUT2D eigenvalue weighted by atomic mass is 32.1. The molecule has 3 N–H and O–H groups in total. The van der Waals surface area contributed by atoms with Crippen LogP contribution in [0.1, 0.15) is 17.3 Å². The van der Waals surface area contributed by atoms with E-state index in [4.69, 9.17) is 26.4 Å². The lowest BCUT2D eigenvalue weighted by Crippen LogP contribution is -2.49. The Morgan fingerprint density at radius 2 is 1.64 bits per heavy atom. The molecule has 0 atom stereocenters. The van der Waals surface area contributed by atoms with Crippen LogP contribution in [0.4, 0.5) is 0 Å². The molecule has 0 radical (unpaired) electrons. The fourth-order valence-corrected chi connectivity index (χ4v) is 3.01. The van der Waals surface area contributed by atoms with E-state index < -0.39 is 11.8 Å². The molecule has 0 saturated heterocycles. The molecule has 0 unspecified atom stereocenters. The standard InChI is InChI=1S/C24H25N3O5S/c1-2-30-12-13-31-20-9-5-8-19(15-20)23(29)25-24(33)27-26-22(28)16-32-21-11-10-17-6-3-4-7-18(17)14-21/h3-11,14-15H,2,12-13,16H2,1H3,(H,26,28)(H2,25,27,29,33). The van der Waals surface area contributed by atoms with Crippen LogP contribution in [0.3, 0.4) is 0 Å². The molecular weight excluding hydrogens is 442 g/mol. The summed E-state index contributed by atoms with van der Waals surface area (Å²) in [7, 11) is 0. The summed E-state index contributed by atoms with van der Waals surface area (Å²) in [6.45, 7) is 3.14. The molecule has 8 nitrogen and oxygen atoms in total. The third-order valence-corrected chi connectivity index (χ3v) is 4.63. The number of thiocarbonyl (C=S) groups is 1. The number of nitrogens with one attached hydrogen (secondary N) is 3. The number of hydrogen-bond donors (Lipinski definition) is 3. The van der Waals surface area contributed by atoms with Crippen LogP contribution in [0.25, 0.3) is 10.8 Å². The molecule has 0 spiro atoms. The molecular formula is C24H25N3O5S. The quantitative estimate of drug-likeness (QED) is 0.253. The van der Waals surface area contributed by atoms with Gasteiger partial charge in [-0.2, -0.15) is 0 Å². The largest absolute Gasteiger partial charge is 0.491 e. The van der Waals surface area contributed by atoms with Gasteiger partial charge >= 0.3 is 0 Å². The van der Waals surface area contributed by atoms with Crippen molar-refractivity contribution < 1.29 is 23.8 Å². The van der Waals surface area contributed by atoms with Crippen molar-refractivity contribution in [2.45, 2.75) is 6.92 Å². The van der Waals surface area contributed by atoms with Gasteiger partial charge in [0.25, 0.3) is 11.8 Å². The van der Waals surface area contributed by atoms with Crippen molar-refractivity contribution in [2.24, 2.45) is 0 Å². The lowest BCUT2D eigenvalue weighted by atomic mass is 10.1. The third kappa shape index (κ3) is 7.74. The Labute approximate surface area is 197 Å². The van der Waals surface area contributed by atoms with Crippen LogP contribution in [-0.4, -0.2) is 43.4 Å². The van der Waals surface area contributed by atoms with Crippen LogP contribution < -0.4 is 25.6 Å². The first-order valence-electron chi connectivity index (χ1n) is 10.4. The van der Waals surface area contributed by atoms with Crippen LogP contribution >= 0.6 is 12.2 Å². The van der Waals surface area contributed by atoms with Gasteiger partial charge in [-0.1, -0.05) is 36.4 Å². The molecule has 3 rings (SSSR count). The van der Waals surface area contributed by atoms with Crippen molar-refractivity contribution in [1.82, 2.24) is 16.2 Å². The zero-order valence-corrected chi connectivity index (χ0v) is 18.9. The molecule has 2 amide bonds. The molecule has 9 heteroatoms. The minimum absolute atomic E-state index is 0.0540. The first kappa shape index (κ1) is 24.0. The molecule has 0 aromatic heterocycles. The molecule has 3 aromatic carbocycles. The maximum absolute atomic E-state index is 12.4. The van der Waals surface area contributed by atoms with Gasteiger partial charge < -0.3 is 14.2 Å². The SMILES string of the molecule is CCOCCOc1cccc(C(=O)NC(=S)NNC(=O)COc2ccc3ccccc3c2)c1. The van der Waals surface area contributed by atoms with Crippen molar-refractivity contribution >= 4 is 39.9 Å². The first-order valence-corrected chi connectivity index (χ1v) is 10.8. The lowest BCUT2D eigenvalue weighted by molar-refractivity contribution is -0.123. The van der Waals surface area contributed by atoms with Gasteiger partial charge in [0.1, 0.15) is 18.1 Å². The van der Waals surface area contributed by atoms with Crippen LogP contribution in [0, 0.1) is 0 Å². The van der Waals surface area contributed by atoms with Gasteiger partial charge in [0.15, 0.2) is 11.7 Å². The zero-order chi connectivity index (χ0) is 23.5. The van der Waals surface area contributed by atoms with Crippen molar-refractivity contribution in [3.63, 3.8) is 0 Å². The number of carbonyl (C=O) groups excluding carboxylic acids is 2. The number of benzene rings is 3. The molecule has 172 valence electrons. The van der Waals surface area contributed by atoms with Crippen molar-refractivity contribution in [3.05, 3.63) is 72.3 Å². The normalized spacial score (nSPS) is 10.3. The zero-order valence-electron chi connectivity index (χ0n) is 18.1. The van der Waals surface area contributed by atoms with Gasteiger partial charge in [0.05, 0.1) is 6.61 Å². The molecule has 0 aliphatic rings. The van der Waals surface area contributed by atoms with Gasteiger partial charge in [-0.3, -0.25) is 25.8 Å². The maximum Gasteiger partial charge on any atom is 0.276 e. The number of hydrazine groups is 1. The van der Waals surface area contributed by atoms with E-state index in [2.05, 4.69) is 16.2 Å². The number of amides is 2. The summed E-state index contributed by atoms with van der Waals surface area (Å²) in [6, 6.07) is 20.1. The monoisotopic (exact) mass is 467 g/mol. The van der Waals surface area contributed by atoms with E-state index in [0.29, 0.717) is 36.9 Å². The maximum atomic E-state index is 12.4. The molecule has 0 heterocycles. The Morgan fingerprint density at radius 1 is 0.848 bits per heavy atom. The van der Waals surface area contributed by atoms with Gasteiger partial charge in [0, 0.05) is 12.2 Å². The first-order chi connectivity index (χ1) is 16.0. The molecule has 0 saturated carbocycles. The molecule has 0 aliphatic carbocycles. The minimum atomic E-state index is -0.454. The molecule has 3 aromatic rings. The van der Waals surface area contributed by atoms with Gasteiger partial charge in [-0.05, 0) is 60.2 Å². The van der Waals surface area contributed by atoms with E-state index >= 15 is 0 Å². The topological polar surface area (TPSA) is 97.9 Å². The van der Waals surface area contributed by atoms with Crippen LogP contribution in [-0.2, 0) is 9.53 Å². The Balaban J connectivity index is 1.40. The fourth-order valence-electron chi connectivity index (χ4n) is 2.87. The lowest BCUT2D eigenvalue weighted by Gasteiger charge is -2.12.